The highest BCUT2D eigenvalue weighted by Crippen LogP contribution is 2.19. The first kappa shape index (κ1) is 20.0. The molecule has 1 saturated heterocycles. The Morgan fingerprint density at radius 1 is 1.15 bits per heavy atom. The van der Waals surface area contributed by atoms with E-state index < -0.39 is 10.0 Å². The first-order chi connectivity index (χ1) is 13.0. The maximum Gasteiger partial charge on any atom is 0.250 e. The molecule has 1 amide bonds. The summed E-state index contributed by atoms with van der Waals surface area (Å²) in [7, 11) is -3.44. The lowest BCUT2D eigenvalue weighted by Crippen LogP contribution is -2.46. The third-order valence-electron chi connectivity index (χ3n) is 4.99. The fourth-order valence-corrected chi connectivity index (χ4v) is 5.61. The molecular formula is C20H26N2O3S2. The molecule has 7 heteroatoms. The number of thiophene rings is 1. The van der Waals surface area contributed by atoms with Crippen LogP contribution >= 0.6 is 11.3 Å². The van der Waals surface area contributed by atoms with Crippen molar-refractivity contribution in [1.82, 2.24) is 9.62 Å². The smallest absolute Gasteiger partial charge is 0.250 e. The van der Waals surface area contributed by atoms with Gasteiger partial charge in [0.05, 0.1) is 0 Å². The molecule has 0 radical (unpaired) electrons. The van der Waals surface area contributed by atoms with Crippen LogP contribution in [0, 0.1) is 0 Å². The van der Waals surface area contributed by atoms with Crippen molar-refractivity contribution < 1.29 is 13.2 Å². The van der Waals surface area contributed by atoms with E-state index in [4.69, 9.17) is 0 Å². The number of aryl methyl sites for hydroxylation is 2. The number of hydrogen-bond donors (Lipinski definition) is 1. The van der Waals surface area contributed by atoms with Crippen LogP contribution in [0.3, 0.4) is 0 Å². The summed E-state index contributed by atoms with van der Waals surface area (Å²) in [5, 5.41) is 1.76. The van der Waals surface area contributed by atoms with Gasteiger partial charge in [-0.2, -0.15) is 0 Å². The SMILES string of the molecule is CCc1ccc(CCC(=O)N2CCC(NS(=O)(=O)c3cccs3)CC2)cc1. The van der Waals surface area contributed by atoms with Crippen molar-refractivity contribution >= 4 is 27.3 Å². The molecule has 2 heterocycles. The molecule has 0 aliphatic carbocycles. The predicted octanol–water partition coefficient (Wildman–Crippen LogP) is 3.21. The normalized spacial score (nSPS) is 15.8. The van der Waals surface area contributed by atoms with E-state index in [0.29, 0.717) is 36.6 Å². The third-order valence-corrected chi connectivity index (χ3v) is 7.91. The Bertz CT molecular complexity index is 838. The van der Waals surface area contributed by atoms with Crippen LogP contribution in [-0.4, -0.2) is 38.4 Å². The first-order valence-electron chi connectivity index (χ1n) is 9.39. The number of piperidine rings is 1. The highest BCUT2D eigenvalue weighted by Gasteiger charge is 2.26. The Labute approximate surface area is 165 Å². The fraction of sp³-hybridized carbons (Fsp3) is 0.450. The van der Waals surface area contributed by atoms with E-state index in [1.807, 2.05) is 4.90 Å². The lowest BCUT2D eigenvalue weighted by Gasteiger charge is -2.32. The van der Waals surface area contributed by atoms with Gasteiger partial charge >= 0.3 is 0 Å². The van der Waals surface area contributed by atoms with Crippen molar-refractivity contribution in [2.75, 3.05) is 13.1 Å². The van der Waals surface area contributed by atoms with Gasteiger partial charge in [-0.1, -0.05) is 37.3 Å². The minimum absolute atomic E-state index is 0.109. The lowest BCUT2D eigenvalue weighted by atomic mass is 10.0. The first-order valence-corrected chi connectivity index (χ1v) is 11.8. The van der Waals surface area contributed by atoms with Gasteiger partial charge < -0.3 is 4.90 Å². The van der Waals surface area contributed by atoms with Gasteiger partial charge in [0, 0.05) is 25.6 Å². The molecule has 27 heavy (non-hydrogen) atoms. The number of hydrogen-bond acceptors (Lipinski definition) is 4. The highest BCUT2D eigenvalue weighted by atomic mass is 32.2. The second kappa shape index (κ2) is 8.99. The molecule has 1 aliphatic heterocycles. The predicted molar refractivity (Wildman–Crippen MR) is 108 cm³/mol. The zero-order valence-electron chi connectivity index (χ0n) is 15.6. The molecule has 1 aromatic heterocycles. The average molecular weight is 407 g/mol. The standard InChI is InChI=1S/C20H26N2O3S2/c1-2-16-5-7-17(8-6-16)9-10-19(23)22-13-11-18(12-14-22)21-27(24,25)20-4-3-15-26-20/h3-8,15,18,21H,2,9-14H2,1H3. The van der Waals surface area contributed by atoms with E-state index >= 15 is 0 Å². The molecule has 1 aliphatic rings. The summed E-state index contributed by atoms with van der Waals surface area (Å²) >= 11 is 1.22. The Morgan fingerprint density at radius 2 is 1.81 bits per heavy atom. The second-order valence-electron chi connectivity index (χ2n) is 6.88. The van der Waals surface area contributed by atoms with Gasteiger partial charge in [0.2, 0.25) is 15.9 Å². The van der Waals surface area contributed by atoms with Gasteiger partial charge in [-0.25, -0.2) is 13.1 Å². The summed E-state index contributed by atoms with van der Waals surface area (Å²) in [5.74, 6) is 0.147. The van der Waals surface area contributed by atoms with Gasteiger partial charge in [0.1, 0.15) is 4.21 Å². The number of amides is 1. The third kappa shape index (κ3) is 5.40. The van der Waals surface area contributed by atoms with Gasteiger partial charge in [0.25, 0.3) is 0 Å². The number of carbonyl (C=O) groups excluding carboxylic acids is 1. The minimum atomic E-state index is -3.44. The molecule has 1 N–H and O–H groups in total. The molecule has 2 aromatic rings. The number of nitrogens with zero attached hydrogens (tertiary/aromatic N) is 1. The number of rotatable bonds is 7. The number of carbonyl (C=O) groups is 1. The summed E-state index contributed by atoms with van der Waals surface area (Å²) < 4.78 is 27.7. The zero-order valence-corrected chi connectivity index (χ0v) is 17.2. The Balaban J connectivity index is 1.45. The molecule has 0 bridgehead atoms. The van der Waals surface area contributed by atoms with Crippen molar-refractivity contribution in [3.05, 3.63) is 52.9 Å². The van der Waals surface area contributed by atoms with E-state index in [-0.39, 0.29) is 11.9 Å². The van der Waals surface area contributed by atoms with Gasteiger partial charge in [0.15, 0.2) is 0 Å². The van der Waals surface area contributed by atoms with Crippen LogP contribution in [0.1, 0.15) is 37.3 Å². The maximum absolute atomic E-state index is 12.5. The van der Waals surface area contributed by atoms with Crippen LogP contribution in [-0.2, 0) is 27.7 Å². The largest absolute Gasteiger partial charge is 0.343 e. The number of likely N-dealkylation sites (tertiary alicyclic amines) is 1. The quantitative estimate of drug-likeness (QED) is 0.768. The summed E-state index contributed by atoms with van der Waals surface area (Å²) in [4.78, 5) is 14.3. The summed E-state index contributed by atoms with van der Waals surface area (Å²) in [6.45, 7) is 3.33. The fourth-order valence-electron chi connectivity index (χ4n) is 3.29. The zero-order chi connectivity index (χ0) is 19.3. The van der Waals surface area contributed by atoms with Crippen molar-refractivity contribution in [2.24, 2.45) is 0 Å². The molecule has 0 spiro atoms. The van der Waals surface area contributed by atoms with Crippen molar-refractivity contribution in [1.29, 1.82) is 0 Å². The van der Waals surface area contributed by atoms with E-state index in [9.17, 15) is 13.2 Å². The number of sulfonamides is 1. The molecule has 5 nitrogen and oxygen atoms in total. The molecule has 0 saturated carbocycles. The highest BCUT2D eigenvalue weighted by molar-refractivity contribution is 7.91. The molecule has 1 aromatic carbocycles. The van der Waals surface area contributed by atoms with Gasteiger partial charge in [-0.05, 0) is 48.3 Å². The van der Waals surface area contributed by atoms with Crippen LogP contribution in [0.25, 0.3) is 0 Å². The van der Waals surface area contributed by atoms with Gasteiger partial charge in [-0.15, -0.1) is 11.3 Å². The molecule has 0 unspecified atom stereocenters. The molecule has 3 rings (SSSR count). The van der Waals surface area contributed by atoms with Crippen molar-refractivity contribution in [2.45, 2.75) is 49.3 Å². The van der Waals surface area contributed by atoms with E-state index in [2.05, 4.69) is 35.9 Å². The van der Waals surface area contributed by atoms with Crippen molar-refractivity contribution in [3.63, 3.8) is 0 Å². The van der Waals surface area contributed by atoms with Crippen LogP contribution in [0.15, 0.2) is 46.0 Å². The van der Waals surface area contributed by atoms with E-state index in [1.165, 1.54) is 22.5 Å². The lowest BCUT2D eigenvalue weighted by molar-refractivity contribution is -0.132. The summed E-state index contributed by atoms with van der Waals surface area (Å²) in [6.07, 6.45) is 3.57. The summed E-state index contributed by atoms with van der Waals surface area (Å²) in [5.41, 5.74) is 2.48. The van der Waals surface area contributed by atoms with Crippen LogP contribution in [0.5, 0.6) is 0 Å². The van der Waals surface area contributed by atoms with Crippen LogP contribution < -0.4 is 4.72 Å². The molecule has 146 valence electrons. The van der Waals surface area contributed by atoms with E-state index in [0.717, 1.165) is 12.8 Å². The number of nitrogens with one attached hydrogen (secondary N) is 1. The Morgan fingerprint density at radius 3 is 2.41 bits per heavy atom. The van der Waals surface area contributed by atoms with Crippen LogP contribution in [0.4, 0.5) is 0 Å². The molecular weight excluding hydrogens is 380 g/mol. The molecule has 1 fully saturated rings. The number of benzene rings is 1. The second-order valence-corrected chi connectivity index (χ2v) is 9.77. The van der Waals surface area contributed by atoms with Crippen LogP contribution in [0.2, 0.25) is 0 Å². The Hall–Kier alpha value is -1.70. The van der Waals surface area contributed by atoms with E-state index in [1.54, 1.807) is 17.5 Å². The molecule has 0 atom stereocenters. The topological polar surface area (TPSA) is 66.5 Å². The maximum atomic E-state index is 12.5. The monoisotopic (exact) mass is 406 g/mol. The summed E-state index contributed by atoms with van der Waals surface area (Å²) in [6, 6.07) is 11.7. The Kier molecular flexibility index (Phi) is 6.68. The average Bonchev–Trinajstić information content (AvgIpc) is 3.23. The minimum Gasteiger partial charge on any atom is -0.343 e. The van der Waals surface area contributed by atoms with Gasteiger partial charge in [-0.3, -0.25) is 4.79 Å². The van der Waals surface area contributed by atoms with Crippen molar-refractivity contribution in [3.8, 4) is 0 Å².